The molecule has 0 saturated carbocycles. The molecule has 1 amide bonds. The monoisotopic (exact) mass is 449 g/mol. The smallest absolute Gasteiger partial charge is 0.232 e. The average Bonchev–Trinajstić information content (AvgIpc) is 3.22. The Balaban J connectivity index is 1.56. The maximum absolute atomic E-state index is 12.3. The number of anilines is 3. The Labute approximate surface area is 183 Å². The molecule has 6 nitrogen and oxygen atoms in total. The first-order valence-corrected chi connectivity index (χ1v) is 12.4. The molecule has 8 heteroatoms. The second-order valence-corrected chi connectivity index (χ2v) is 10.0. The van der Waals surface area contributed by atoms with Crippen molar-refractivity contribution in [1.82, 2.24) is 0 Å². The van der Waals surface area contributed by atoms with Crippen LogP contribution in [0.25, 0.3) is 0 Å². The van der Waals surface area contributed by atoms with Crippen LogP contribution in [-0.4, -0.2) is 40.2 Å². The Hall–Kier alpha value is -2.25. The lowest BCUT2D eigenvalue weighted by molar-refractivity contribution is -0.116. The van der Waals surface area contributed by atoms with Gasteiger partial charge in [0.15, 0.2) is 0 Å². The van der Waals surface area contributed by atoms with E-state index in [9.17, 15) is 13.2 Å². The molecule has 2 aromatic rings. The van der Waals surface area contributed by atoms with E-state index in [4.69, 9.17) is 11.6 Å². The quantitative estimate of drug-likeness (QED) is 0.647. The summed E-state index contributed by atoms with van der Waals surface area (Å²) in [5, 5.41) is 3.36. The molecule has 0 atom stereocenters. The third-order valence-corrected chi connectivity index (χ3v) is 6.64. The summed E-state index contributed by atoms with van der Waals surface area (Å²) in [6.07, 6.45) is 4.22. The number of hydrogen-bond acceptors (Lipinski definition) is 4. The first-order valence-electron chi connectivity index (χ1n) is 10.1. The summed E-state index contributed by atoms with van der Waals surface area (Å²) < 4.78 is 25.9. The Bertz CT molecular complexity index is 987. The van der Waals surface area contributed by atoms with Crippen LogP contribution in [0.5, 0.6) is 0 Å². The third kappa shape index (κ3) is 5.89. The van der Waals surface area contributed by atoms with Gasteiger partial charge in [0.2, 0.25) is 15.9 Å². The van der Waals surface area contributed by atoms with Gasteiger partial charge in [0, 0.05) is 42.5 Å². The highest BCUT2D eigenvalue weighted by atomic mass is 35.5. The summed E-state index contributed by atoms with van der Waals surface area (Å²) in [6, 6.07) is 13.0. The van der Waals surface area contributed by atoms with E-state index in [1.807, 2.05) is 31.2 Å². The largest absolute Gasteiger partial charge is 0.372 e. The van der Waals surface area contributed by atoms with Gasteiger partial charge in [0.1, 0.15) is 0 Å². The van der Waals surface area contributed by atoms with Crippen LogP contribution in [0.2, 0.25) is 5.02 Å². The third-order valence-electron chi connectivity index (χ3n) is 5.23. The molecule has 1 aliphatic rings. The lowest BCUT2D eigenvalue weighted by Gasteiger charge is -2.24. The number of benzene rings is 2. The minimum absolute atomic E-state index is 0.139. The zero-order chi connectivity index (χ0) is 21.7. The number of nitrogens with zero attached hydrogens (tertiary/aromatic N) is 2. The second-order valence-electron chi connectivity index (χ2n) is 7.66. The molecule has 1 heterocycles. The highest BCUT2D eigenvalue weighted by Crippen LogP contribution is 2.27. The molecule has 1 aliphatic heterocycles. The number of hydrogen-bond donors (Lipinski definition) is 1. The van der Waals surface area contributed by atoms with Gasteiger partial charge in [-0.15, -0.1) is 0 Å². The van der Waals surface area contributed by atoms with Crippen molar-refractivity contribution in [3.63, 3.8) is 0 Å². The summed E-state index contributed by atoms with van der Waals surface area (Å²) in [6.45, 7) is 4.20. The van der Waals surface area contributed by atoms with Gasteiger partial charge in [-0.2, -0.15) is 0 Å². The number of nitrogens with one attached hydrogen (secondary N) is 1. The van der Waals surface area contributed by atoms with Gasteiger partial charge in [0.05, 0.1) is 11.9 Å². The number of carbonyl (C=O) groups is 1. The lowest BCUT2D eigenvalue weighted by atomic mass is 10.2. The Kier molecular flexibility index (Phi) is 7.26. The minimum Gasteiger partial charge on any atom is -0.372 e. The van der Waals surface area contributed by atoms with Gasteiger partial charge in [-0.1, -0.05) is 17.7 Å². The highest BCUT2D eigenvalue weighted by Gasteiger charge is 2.20. The molecule has 1 fully saturated rings. The molecule has 1 N–H and O–H groups in total. The molecular weight excluding hydrogens is 422 g/mol. The van der Waals surface area contributed by atoms with E-state index >= 15 is 0 Å². The van der Waals surface area contributed by atoms with Gasteiger partial charge in [-0.25, -0.2) is 8.42 Å². The van der Waals surface area contributed by atoms with Crippen molar-refractivity contribution in [2.45, 2.75) is 32.6 Å². The first-order chi connectivity index (χ1) is 14.2. The van der Waals surface area contributed by atoms with Gasteiger partial charge < -0.3 is 10.2 Å². The number of aryl methyl sites for hydroxylation is 1. The number of sulfonamides is 1. The van der Waals surface area contributed by atoms with E-state index in [2.05, 4.69) is 10.2 Å². The van der Waals surface area contributed by atoms with Crippen LogP contribution in [0.4, 0.5) is 17.1 Å². The predicted molar refractivity (Wildman–Crippen MR) is 124 cm³/mol. The minimum atomic E-state index is -3.49. The predicted octanol–water partition coefficient (Wildman–Crippen LogP) is 4.43. The summed E-state index contributed by atoms with van der Waals surface area (Å²) in [4.78, 5) is 14.7. The lowest BCUT2D eigenvalue weighted by Crippen LogP contribution is -2.32. The highest BCUT2D eigenvalue weighted by molar-refractivity contribution is 7.92. The second kappa shape index (κ2) is 9.71. The van der Waals surface area contributed by atoms with E-state index < -0.39 is 10.0 Å². The van der Waals surface area contributed by atoms with Crippen LogP contribution in [0.3, 0.4) is 0 Å². The molecule has 0 bridgehead atoms. The van der Waals surface area contributed by atoms with Gasteiger partial charge in [-0.3, -0.25) is 9.10 Å². The van der Waals surface area contributed by atoms with Gasteiger partial charge in [-0.05, 0) is 68.1 Å². The van der Waals surface area contributed by atoms with E-state index in [0.29, 0.717) is 17.1 Å². The molecule has 0 radical (unpaired) electrons. The Morgan fingerprint density at radius 3 is 2.43 bits per heavy atom. The van der Waals surface area contributed by atoms with Crippen molar-refractivity contribution < 1.29 is 13.2 Å². The van der Waals surface area contributed by atoms with Crippen molar-refractivity contribution in [3.05, 3.63) is 53.1 Å². The van der Waals surface area contributed by atoms with Crippen LogP contribution in [0.1, 0.15) is 31.2 Å². The molecule has 0 unspecified atom stereocenters. The zero-order valence-electron chi connectivity index (χ0n) is 17.4. The molecule has 30 heavy (non-hydrogen) atoms. The summed E-state index contributed by atoms with van der Waals surface area (Å²) in [7, 11) is -3.49. The molecule has 3 rings (SSSR count). The number of rotatable bonds is 8. The van der Waals surface area contributed by atoms with Gasteiger partial charge >= 0.3 is 0 Å². The van der Waals surface area contributed by atoms with Crippen molar-refractivity contribution in [2.75, 3.05) is 40.4 Å². The van der Waals surface area contributed by atoms with Crippen LogP contribution in [-0.2, 0) is 14.8 Å². The fourth-order valence-corrected chi connectivity index (χ4v) is 4.83. The van der Waals surface area contributed by atoms with Crippen LogP contribution in [0, 0.1) is 6.92 Å². The van der Waals surface area contributed by atoms with E-state index in [0.717, 1.165) is 30.6 Å². The molecule has 0 spiro atoms. The first kappa shape index (κ1) is 22.4. The van der Waals surface area contributed by atoms with Crippen LogP contribution in [0.15, 0.2) is 42.5 Å². The molecular formula is C22H28ClN3O3S. The summed E-state index contributed by atoms with van der Waals surface area (Å²) in [5.41, 5.74) is 3.27. The van der Waals surface area contributed by atoms with Crippen molar-refractivity contribution in [3.8, 4) is 0 Å². The number of halogens is 1. The molecule has 0 aliphatic carbocycles. The standard InChI is InChI=1S/C22H28ClN3O3S/c1-17-7-8-18(23)16-21(17)26(30(2,28)29)15-5-6-22(27)24-19-9-11-20(12-10-19)25-13-3-4-14-25/h7-12,16H,3-6,13-15H2,1-2H3,(H,24,27). The number of amides is 1. The summed E-state index contributed by atoms with van der Waals surface area (Å²) in [5.74, 6) is -0.139. The average molecular weight is 450 g/mol. The topological polar surface area (TPSA) is 69.7 Å². The van der Waals surface area contributed by atoms with Crippen molar-refractivity contribution in [2.24, 2.45) is 0 Å². The SMILES string of the molecule is Cc1ccc(Cl)cc1N(CCCC(=O)Nc1ccc(N2CCCC2)cc1)S(C)(=O)=O. The molecule has 2 aromatic carbocycles. The fraction of sp³-hybridized carbons (Fsp3) is 0.409. The zero-order valence-corrected chi connectivity index (χ0v) is 19.0. The Morgan fingerprint density at radius 2 is 1.80 bits per heavy atom. The molecule has 1 saturated heterocycles. The van der Waals surface area contributed by atoms with E-state index in [1.54, 1.807) is 18.2 Å². The van der Waals surface area contributed by atoms with E-state index in [-0.39, 0.29) is 18.9 Å². The molecule has 162 valence electrons. The van der Waals surface area contributed by atoms with Crippen molar-refractivity contribution >= 4 is 44.6 Å². The van der Waals surface area contributed by atoms with Crippen LogP contribution >= 0.6 is 11.6 Å². The summed E-state index contributed by atoms with van der Waals surface area (Å²) >= 11 is 6.05. The maximum atomic E-state index is 12.3. The van der Waals surface area contributed by atoms with Gasteiger partial charge in [0.25, 0.3) is 0 Å². The number of carbonyl (C=O) groups excluding carboxylic acids is 1. The Morgan fingerprint density at radius 1 is 1.13 bits per heavy atom. The normalized spacial score (nSPS) is 14.0. The van der Waals surface area contributed by atoms with Crippen molar-refractivity contribution in [1.29, 1.82) is 0 Å². The maximum Gasteiger partial charge on any atom is 0.232 e. The van der Waals surface area contributed by atoms with Crippen LogP contribution < -0.4 is 14.5 Å². The fourth-order valence-electron chi connectivity index (χ4n) is 3.65. The van der Waals surface area contributed by atoms with E-state index in [1.165, 1.54) is 22.8 Å². The molecule has 0 aromatic heterocycles.